The monoisotopic (exact) mass is 173 g/mol. The smallest absolute Gasteiger partial charge is 0.0403 e. The van der Waals surface area contributed by atoms with E-state index in [1.807, 2.05) is 0 Å². The highest BCUT2D eigenvalue weighted by molar-refractivity contribution is 5.70. The minimum Gasteiger partial charge on any atom is -0.384 e. The molecule has 0 radical (unpaired) electrons. The molecule has 1 N–H and O–H groups in total. The number of hydrogen-bond acceptors (Lipinski definition) is 1. The Morgan fingerprint density at radius 1 is 1.31 bits per heavy atom. The Kier molecular flexibility index (Phi) is 2.09. The summed E-state index contributed by atoms with van der Waals surface area (Å²) in [6.45, 7) is 5.38. The molecule has 2 rings (SSSR count). The second-order valence-electron chi connectivity index (χ2n) is 3.47. The van der Waals surface area contributed by atoms with Crippen molar-refractivity contribution in [1.82, 2.24) is 5.32 Å². The lowest BCUT2D eigenvalue weighted by Gasteiger charge is -2.22. The average molecular weight is 173 g/mol. The Morgan fingerprint density at radius 2 is 2.08 bits per heavy atom. The van der Waals surface area contributed by atoms with Crippen LogP contribution in [0.2, 0.25) is 0 Å². The first-order chi connectivity index (χ1) is 6.33. The Bertz CT molecular complexity index is 350. The van der Waals surface area contributed by atoms with Crippen LogP contribution in [0.15, 0.2) is 30.0 Å². The standard InChI is InChI=1S/C12H15N/c1-3-12-9(2)11-7-5-4-6-10(11)8-13-12/h4-7,13H,3,8H2,1-2H3. The highest BCUT2D eigenvalue weighted by Crippen LogP contribution is 2.26. The molecule has 0 fully saturated rings. The molecule has 0 unspecified atom stereocenters. The number of hydrogen-bond donors (Lipinski definition) is 1. The quantitative estimate of drug-likeness (QED) is 0.688. The molecular weight excluding hydrogens is 158 g/mol. The molecule has 1 aromatic rings. The van der Waals surface area contributed by atoms with Gasteiger partial charge in [-0.05, 0) is 30.0 Å². The SMILES string of the molecule is CCC1=C(C)c2ccccc2CN1. The van der Waals surface area contributed by atoms with Crippen molar-refractivity contribution in [3.8, 4) is 0 Å². The number of fused-ring (bicyclic) bond motifs is 1. The van der Waals surface area contributed by atoms with Crippen LogP contribution in [0, 0.1) is 0 Å². The molecule has 1 heteroatoms. The van der Waals surface area contributed by atoms with E-state index in [1.54, 1.807) is 0 Å². The van der Waals surface area contributed by atoms with Gasteiger partial charge in [0.15, 0.2) is 0 Å². The first-order valence-corrected chi connectivity index (χ1v) is 4.85. The van der Waals surface area contributed by atoms with E-state index in [0.717, 1.165) is 13.0 Å². The van der Waals surface area contributed by atoms with Crippen LogP contribution >= 0.6 is 0 Å². The number of allylic oxidation sites excluding steroid dienone is 2. The van der Waals surface area contributed by atoms with Gasteiger partial charge in [-0.1, -0.05) is 31.2 Å². The molecule has 0 amide bonds. The predicted octanol–water partition coefficient (Wildman–Crippen LogP) is 2.93. The minimum atomic E-state index is 0.983. The lowest BCUT2D eigenvalue weighted by Crippen LogP contribution is -2.19. The third-order valence-electron chi connectivity index (χ3n) is 2.72. The van der Waals surface area contributed by atoms with E-state index >= 15 is 0 Å². The van der Waals surface area contributed by atoms with Gasteiger partial charge in [-0.3, -0.25) is 0 Å². The van der Waals surface area contributed by atoms with Crippen LogP contribution in [0.4, 0.5) is 0 Å². The van der Waals surface area contributed by atoms with Gasteiger partial charge >= 0.3 is 0 Å². The van der Waals surface area contributed by atoms with E-state index in [9.17, 15) is 0 Å². The third-order valence-corrected chi connectivity index (χ3v) is 2.72. The van der Waals surface area contributed by atoms with Crippen LogP contribution in [-0.4, -0.2) is 0 Å². The Hall–Kier alpha value is -1.24. The predicted molar refractivity (Wildman–Crippen MR) is 56.2 cm³/mol. The molecule has 1 heterocycles. The van der Waals surface area contributed by atoms with Crippen molar-refractivity contribution in [1.29, 1.82) is 0 Å². The summed E-state index contributed by atoms with van der Waals surface area (Å²) in [7, 11) is 0. The molecule has 13 heavy (non-hydrogen) atoms. The Balaban J connectivity index is 2.52. The van der Waals surface area contributed by atoms with E-state index in [2.05, 4.69) is 43.4 Å². The van der Waals surface area contributed by atoms with Crippen LogP contribution in [-0.2, 0) is 6.54 Å². The van der Waals surface area contributed by atoms with Crippen molar-refractivity contribution in [2.45, 2.75) is 26.8 Å². The normalized spacial score (nSPS) is 15.2. The van der Waals surface area contributed by atoms with Gasteiger partial charge in [-0.2, -0.15) is 0 Å². The number of rotatable bonds is 1. The van der Waals surface area contributed by atoms with E-state index in [-0.39, 0.29) is 0 Å². The summed E-state index contributed by atoms with van der Waals surface area (Å²) >= 11 is 0. The second kappa shape index (κ2) is 3.25. The maximum Gasteiger partial charge on any atom is 0.0403 e. The van der Waals surface area contributed by atoms with E-state index in [1.165, 1.54) is 22.4 Å². The Labute approximate surface area is 79.5 Å². The summed E-state index contributed by atoms with van der Waals surface area (Å²) in [6, 6.07) is 8.62. The maximum absolute atomic E-state index is 3.45. The lowest BCUT2D eigenvalue weighted by molar-refractivity contribution is 0.757. The fourth-order valence-electron chi connectivity index (χ4n) is 1.93. The van der Waals surface area contributed by atoms with Crippen LogP contribution < -0.4 is 5.32 Å². The van der Waals surface area contributed by atoms with Crippen LogP contribution in [0.25, 0.3) is 5.57 Å². The molecule has 0 atom stereocenters. The fraction of sp³-hybridized carbons (Fsp3) is 0.333. The van der Waals surface area contributed by atoms with Gasteiger partial charge in [0.25, 0.3) is 0 Å². The first-order valence-electron chi connectivity index (χ1n) is 4.85. The van der Waals surface area contributed by atoms with E-state index in [0.29, 0.717) is 0 Å². The Morgan fingerprint density at radius 3 is 2.85 bits per heavy atom. The molecule has 0 aromatic heterocycles. The molecule has 1 nitrogen and oxygen atoms in total. The molecule has 0 bridgehead atoms. The van der Waals surface area contributed by atoms with Gasteiger partial charge in [0.2, 0.25) is 0 Å². The zero-order chi connectivity index (χ0) is 9.26. The molecule has 0 aliphatic carbocycles. The van der Waals surface area contributed by atoms with E-state index in [4.69, 9.17) is 0 Å². The van der Waals surface area contributed by atoms with Gasteiger partial charge in [0.05, 0.1) is 0 Å². The summed E-state index contributed by atoms with van der Waals surface area (Å²) in [6.07, 6.45) is 1.10. The summed E-state index contributed by atoms with van der Waals surface area (Å²) in [4.78, 5) is 0. The zero-order valence-electron chi connectivity index (χ0n) is 8.22. The molecule has 1 aromatic carbocycles. The fourth-order valence-corrected chi connectivity index (χ4v) is 1.93. The largest absolute Gasteiger partial charge is 0.384 e. The average Bonchev–Trinajstić information content (AvgIpc) is 2.19. The van der Waals surface area contributed by atoms with Crippen LogP contribution in [0.5, 0.6) is 0 Å². The van der Waals surface area contributed by atoms with Crippen molar-refractivity contribution in [2.24, 2.45) is 0 Å². The van der Waals surface area contributed by atoms with Crippen molar-refractivity contribution < 1.29 is 0 Å². The van der Waals surface area contributed by atoms with Gasteiger partial charge in [0.1, 0.15) is 0 Å². The van der Waals surface area contributed by atoms with Crippen molar-refractivity contribution in [3.63, 3.8) is 0 Å². The lowest BCUT2D eigenvalue weighted by atomic mass is 9.95. The van der Waals surface area contributed by atoms with Gasteiger partial charge in [-0.25, -0.2) is 0 Å². The second-order valence-corrected chi connectivity index (χ2v) is 3.47. The molecule has 0 spiro atoms. The summed E-state index contributed by atoms with van der Waals surface area (Å²) in [5.41, 5.74) is 5.62. The number of benzene rings is 1. The van der Waals surface area contributed by atoms with Gasteiger partial charge in [0, 0.05) is 12.2 Å². The van der Waals surface area contributed by atoms with Gasteiger partial charge in [-0.15, -0.1) is 0 Å². The molecule has 0 saturated heterocycles. The van der Waals surface area contributed by atoms with Crippen LogP contribution in [0.1, 0.15) is 31.4 Å². The topological polar surface area (TPSA) is 12.0 Å². The van der Waals surface area contributed by atoms with E-state index < -0.39 is 0 Å². The van der Waals surface area contributed by atoms with Crippen LogP contribution in [0.3, 0.4) is 0 Å². The van der Waals surface area contributed by atoms with Gasteiger partial charge < -0.3 is 5.32 Å². The first kappa shape index (κ1) is 8.36. The maximum atomic E-state index is 3.45. The summed E-state index contributed by atoms with van der Waals surface area (Å²) in [5.74, 6) is 0. The van der Waals surface area contributed by atoms with Crippen molar-refractivity contribution >= 4 is 5.57 Å². The highest BCUT2D eigenvalue weighted by Gasteiger charge is 2.12. The molecule has 68 valence electrons. The number of nitrogens with one attached hydrogen (secondary N) is 1. The summed E-state index contributed by atoms with van der Waals surface area (Å²) in [5, 5.41) is 3.45. The summed E-state index contributed by atoms with van der Waals surface area (Å²) < 4.78 is 0. The van der Waals surface area contributed by atoms with Crippen molar-refractivity contribution in [3.05, 3.63) is 41.1 Å². The molecule has 1 aliphatic heterocycles. The molecule has 1 aliphatic rings. The zero-order valence-corrected chi connectivity index (χ0v) is 8.22. The third kappa shape index (κ3) is 1.35. The highest BCUT2D eigenvalue weighted by atomic mass is 14.9. The minimum absolute atomic E-state index is 0.983. The molecule has 0 saturated carbocycles. The van der Waals surface area contributed by atoms with Crippen molar-refractivity contribution in [2.75, 3.05) is 0 Å². The molecular formula is C12H15N.